The minimum absolute atomic E-state index is 0.163. The van der Waals surface area contributed by atoms with Gasteiger partial charge in [-0.15, -0.1) is 0 Å². The third-order valence-electron chi connectivity index (χ3n) is 1.87. The third-order valence-corrected chi connectivity index (χ3v) is 1.87. The number of para-hydroxylation sites is 1. The van der Waals surface area contributed by atoms with Crippen molar-refractivity contribution in [2.45, 2.75) is 19.8 Å². The van der Waals surface area contributed by atoms with Crippen LogP contribution in [-0.4, -0.2) is 7.05 Å². The maximum atomic E-state index is 13.1. The van der Waals surface area contributed by atoms with E-state index in [1.165, 1.54) is 6.07 Å². The Hall–Kier alpha value is -1.05. The van der Waals surface area contributed by atoms with Gasteiger partial charge in [0.15, 0.2) is 0 Å². The Bertz CT molecular complexity index is 258. The van der Waals surface area contributed by atoms with Gasteiger partial charge in [-0.3, -0.25) is 0 Å². The molecule has 1 rings (SSSR count). The summed E-state index contributed by atoms with van der Waals surface area (Å²) in [6.07, 6.45) is 1.96. The lowest BCUT2D eigenvalue weighted by Gasteiger charge is -2.08. The Morgan fingerprint density at radius 1 is 1.42 bits per heavy atom. The Balaban J connectivity index is 3.00. The fraction of sp³-hybridized carbons (Fsp3) is 0.400. The van der Waals surface area contributed by atoms with Crippen molar-refractivity contribution in [2.24, 2.45) is 0 Å². The normalized spacial score (nSPS) is 9.92. The van der Waals surface area contributed by atoms with Crippen molar-refractivity contribution in [1.82, 2.24) is 0 Å². The Labute approximate surface area is 72.6 Å². The van der Waals surface area contributed by atoms with Gasteiger partial charge >= 0.3 is 0 Å². The van der Waals surface area contributed by atoms with Gasteiger partial charge in [0.05, 0.1) is 5.69 Å². The Kier molecular flexibility index (Phi) is 3.09. The fourth-order valence-corrected chi connectivity index (χ4v) is 1.33. The molecule has 1 N–H and O–H groups in total. The highest BCUT2D eigenvalue weighted by Gasteiger charge is 2.04. The summed E-state index contributed by atoms with van der Waals surface area (Å²) in [5, 5.41) is 2.87. The van der Waals surface area contributed by atoms with Crippen LogP contribution in [-0.2, 0) is 6.42 Å². The minimum Gasteiger partial charge on any atom is -0.386 e. The molecule has 0 bridgehead atoms. The molecule has 0 aromatic heterocycles. The van der Waals surface area contributed by atoms with Crippen LogP contribution >= 0.6 is 0 Å². The first-order chi connectivity index (χ1) is 5.79. The second kappa shape index (κ2) is 4.10. The SMILES string of the molecule is CCCc1cccc(F)c1NC. The molecule has 66 valence electrons. The first-order valence-corrected chi connectivity index (χ1v) is 4.24. The lowest BCUT2D eigenvalue weighted by atomic mass is 10.1. The molecule has 1 nitrogen and oxygen atoms in total. The first kappa shape index (κ1) is 9.04. The van der Waals surface area contributed by atoms with Crippen LogP contribution in [0.4, 0.5) is 10.1 Å². The Morgan fingerprint density at radius 3 is 2.75 bits per heavy atom. The number of anilines is 1. The van der Waals surface area contributed by atoms with Crippen LogP contribution in [0.25, 0.3) is 0 Å². The van der Waals surface area contributed by atoms with Gasteiger partial charge in [0, 0.05) is 7.05 Å². The van der Waals surface area contributed by atoms with Crippen LogP contribution in [0.5, 0.6) is 0 Å². The van der Waals surface area contributed by atoms with Crippen molar-refractivity contribution in [3.8, 4) is 0 Å². The maximum absolute atomic E-state index is 13.1. The summed E-state index contributed by atoms with van der Waals surface area (Å²) in [7, 11) is 1.75. The van der Waals surface area contributed by atoms with Gasteiger partial charge in [0.25, 0.3) is 0 Å². The number of benzene rings is 1. The lowest BCUT2D eigenvalue weighted by Crippen LogP contribution is -1.98. The molecule has 0 aliphatic rings. The molecular weight excluding hydrogens is 153 g/mol. The zero-order chi connectivity index (χ0) is 8.97. The van der Waals surface area contributed by atoms with Crippen LogP contribution in [0, 0.1) is 5.82 Å². The molecule has 0 aliphatic heterocycles. The third kappa shape index (κ3) is 1.76. The van der Waals surface area contributed by atoms with Crippen molar-refractivity contribution < 1.29 is 4.39 Å². The molecule has 0 saturated heterocycles. The summed E-state index contributed by atoms with van der Waals surface area (Å²) >= 11 is 0. The quantitative estimate of drug-likeness (QED) is 0.730. The summed E-state index contributed by atoms with van der Waals surface area (Å²) in [5.74, 6) is -0.163. The standard InChI is InChI=1S/C10H14FN/c1-3-5-8-6-4-7-9(11)10(8)12-2/h4,6-7,12H,3,5H2,1-2H3. The van der Waals surface area contributed by atoms with Crippen molar-refractivity contribution >= 4 is 5.69 Å². The van der Waals surface area contributed by atoms with Gasteiger partial charge in [-0.1, -0.05) is 25.5 Å². The number of nitrogens with one attached hydrogen (secondary N) is 1. The molecule has 0 heterocycles. The second-order valence-electron chi connectivity index (χ2n) is 2.77. The minimum atomic E-state index is -0.163. The van der Waals surface area contributed by atoms with Gasteiger partial charge in [0.2, 0.25) is 0 Å². The van der Waals surface area contributed by atoms with Gasteiger partial charge < -0.3 is 5.32 Å². The molecule has 0 amide bonds. The summed E-state index contributed by atoms with van der Waals surface area (Å²) in [6, 6.07) is 5.19. The van der Waals surface area contributed by atoms with E-state index >= 15 is 0 Å². The summed E-state index contributed by atoms with van der Waals surface area (Å²) in [4.78, 5) is 0. The predicted molar refractivity (Wildman–Crippen MR) is 49.9 cm³/mol. The smallest absolute Gasteiger partial charge is 0.146 e. The van der Waals surface area contributed by atoms with E-state index in [1.54, 1.807) is 13.1 Å². The van der Waals surface area contributed by atoms with E-state index in [9.17, 15) is 4.39 Å². The fourth-order valence-electron chi connectivity index (χ4n) is 1.33. The van der Waals surface area contributed by atoms with Gasteiger partial charge in [0.1, 0.15) is 5.82 Å². The molecule has 1 aromatic carbocycles. The Morgan fingerprint density at radius 2 is 2.17 bits per heavy atom. The van der Waals surface area contributed by atoms with E-state index in [1.807, 2.05) is 6.07 Å². The number of rotatable bonds is 3. The molecular formula is C10H14FN. The van der Waals surface area contributed by atoms with E-state index in [2.05, 4.69) is 12.2 Å². The summed E-state index contributed by atoms with van der Waals surface area (Å²) in [6.45, 7) is 2.09. The van der Waals surface area contributed by atoms with Crippen LogP contribution in [0.1, 0.15) is 18.9 Å². The molecule has 12 heavy (non-hydrogen) atoms. The number of hydrogen-bond donors (Lipinski definition) is 1. The molecule has 1 aromatic rings. The summed E-state index contributed by atoms with van der Waals surface area (Å²) in [5.41, 5.74) is 1.69. The number of aryl methyl sites for hydroxylation is 1. The molecule has 0 aliphatic carbocycles. The van der Waals surface area contributed by atoms with E-state index in [0.717, 1.165) is 18.4 Å². The largest absolute Gasteiger partial charge is 0.386 e. The van der Waals surface area contributed by atoms with Crippen molar-refractivity contribution in [2.75, 3.05) is 12.4 Å². The van der Waals surface area contributed by atoms with E-state index in [-0.39, 0.29) is 5.82 Å². The molecule has 0 spiro atoms. The average Bonchev–Trinajstić information content (AvgIpc) is 2.05. The average molecular weight is 167 g/mol. The van der Waals surface area contributed by atoms with Crippen LogP contribution in [0.2, 0.25) is 0 Å². The second-order valence-corrected chi connectivity index (χ2v) is 2.77. The van der Waals surface area contributed by atoms with Gasteiger partial charge in [-0.25, -0.2) is 4.39 Å². The number of halogens is 1. The van der Waals surface area contributed by atoms with Crippen molar-refractivity contribution in [3.05, 3.63) is 29.6 Å². The van der Waals surface area contributed by atoms with E-state index < -0.39 is 0 Å². The molecule has 0 saturated carbocycles. The van der Waals surface area contributed by atoms with Crippen LogP contribution < -0.4 is 5.32 Å². The predicted octanol–water partition coefficient (Wildman–Crippen LogP) is 2.82. The molecule has 2 heteroatoms. The van der Waals surface area contributed by atoms with Crippen molar-refractivity contribution in [1.29, 1.82) is 0 Å². The summed E-state index contributed by atoms with van der Waals surface area (Å²) < 4.78 is 13.1. The zero-order valence-corrected chi connectivity index (χ0v) is 7.52. The van der Waals surface area contributed by atoms with E-state index in [0.29, 0.717) is 5.69 Å². The molecule has 0 atom stereocenters. The van der Waals surface area contributed by atoms with Crippen LogP contribution in [0.3, 0.4) is 0 Å². The van der Waals surface area contributed by atoms with Crippen molar-refractivity contribution in [3.63, 3.8) is 0 Å². The van der Waals surface area contributed by atoms with E-state index in [4.69, 9.17) is 0 Å². The van der Waals surface area contributed by atoms with Crippen LogP contribution in [0.15, 0.2) is 18.2 Å². The zero-order valence-electron chi connectivity index (χ0n) is 7.52. The topological polar surface area (TPSA) is 12.0 Å². The van der Waals surface area contributed by atoms with Gasteiger partial charge in [-0.05, 0) is 18.1 Å². The molecule has 0 unspecified atom stereocenters. The highest BCUT2D eigenvalue weighted by atomic mass is 19.1. The monoisotopic (exact) mass is 167 g/mol. The first-order valence-electron chi connectivity index (χ1n) is 4.24. The van der Waals surface area contributed by atoms with Gasteiger partial charge in [-0.2, -0.15) is 0 Å². The molecule has 0 radical (unpaired) electrons. The lowest BCUT2D eigenvalue weighted by molar-refractivity contribution is 0.629. The number of hydrogen-bond acceptors (Lipinski definition) is 1. The molecule has 0 fully saturated rings. The maximum Gasteiger partial charge on any atom is 0.146 e. The highest BCUT2D eigenvalue weighted by molar-refractivity contribution is 5.51. The highest BCUT2D eigenvalue weighted by Crippen LogP contribution is 2.20.